The van der Waals surface area contributed by atoms with E-state index < -0.39 is 16.0 Å². The number of aromatic carboxylic acids is 1. The van der Waals surface area contributed by atoms with Crippen LogP contribution in [0.15, 0.2) is 41.6 Å². The predicted octanol–water partition coefficient (Wildman–Crippen LogP) is -0.983. The Bertz CT molecular complexity index is 694. The fourth-order valence-electron chi connectivity index (χ4n) is 1.51. The maximum absolute atomic E-state index is 12.2. The Balaban J connectivity index is 2.39. The van der Waals surface area contributed by atoms with Gasteiger partial charge >= 0.3 is 10.0 Å². The largest absolute Gasteiger partial charge is 0.543 e. The number of hydrogen-bond donors (Lipinski definition) is 1. The van der Waals surface area contributed by atoms with E-state index in [1.807, 2.05) is 0 Å². The van der Waals surface area contributed by atoms with Crippen LogP contribution in [0.2, 0.25) is 0 Å². The molecule has 2 rings (SSSR count). The SMILES string of the molecule is CN(c1cccc[nH+]1)S(=O)(=O)c1c[nH]c(C(=O)[O-])c1. The highest BCUT2D eigenvalue weighted by Gasteiger charge is 2.29. The topological polar surface area (TPSA) is 107 Å². The Morgan fingerprint density at radius 1 is 1.42 bits per heavy atom. The summed E-state index contributed by atoms with van der Waals surface area (Å²) in [5.74, 6) is -1.10. The quantitative estimate of drug-likeness (QED) is 0.776. The van der Waals surface area contributed by atoms with E-state index in [2.05, 4.69) is 9.97 Å². The minimum atomic E-state index is -3.83. The molecule has 19 heavy (non-hydrogen) atoms. The van der Waals surface area contributed by atoms with Crippen LogP contribution in [0.4, 0.5) is 5.82 Å². The second kappa shape index (κ2) is 4.73. The number of aromatic amines is 2. The predicted molar refractivity (Wildman–Crippen MR) is 63.7 cm³/mol. The van der Waals surface area contributed by atoms with E-state index >= 15 is 0 Å². The molecule has 2 N–H and O–H groups in total. The van der Waals surface area contributed by atoms with Crippen molar-refractivity contribution in [3.63, 3.8) is 0 Å². The van der Waals surface area contributed by atoms with Crippen LogP contribution in [0.3, 0.4) is 0 Å². The van der Waals surface area contributed by atoms with Gasteiger partial charge < -0.3 is 14.9 Å². The molecule has 2 heterocycles. The summed E-state index contributed by atoms with van der Waals surface area (Å²) in [6, 6.07) is 6.00. The molecule has 0 bridgehead atoms. The Morgan fingerprint density at radius 3 is 2.68 bits per heavy atom. The van der Waals surface area contributed by atoms with Crippen molar-refractivity contribution in [1.29, 1.82) is 0 Å². The van der Waals surface area contributed by atoms with Crippen LogP contribution in [0.25, 0.3) is 0 Å². The number of hydrogen-bond acceptors (Lipinski definition) is 4. The molecule has 7 nitrogen and oxygen atoms in total. The number of anilines is 1. The molecule has 8 heteroatoms. The minimum absolute atomic E-state index is 0.147. The number of carboxylic acid groups (broad SMARTS) is 1. The zero-order valence-corrected chi connectivity index (χ0v) is 10.8. The van der Waals surface area contributed by atoms with Crippen molar-refractivity contribution in [3.05, 3.63) is 42.4 Å². The molecular weight excluding hydrogens is 270 g/mol. The number of nitrogens with one attached hydrogen (secondary N) is 2. The minimum Gasteiger partial charge on any atom is -0.543 e. The maximum atomic E-state index is 12.2. The molecule has 0 aliphatic carbocycles. The second-order valence-corrected chi connectivity index (χ2v) is 5.73. The van der Waals surface area contributed by atoms with E-state index in [1.54, 1.807) is 24.4 Å². The van der Waals surface area contributed by atoms with Gasteiger partial charge in [-0.25, -0.2) is 4.98 Å². The van der Waals surface area contributed by atoms with Gasteiger partial charge in [0.1, 0.15) is 4.90 Å². The third-order valence-electron chi connectivity index (χ3n) is 2.57. The van der Waals surface area contributed by atoms with E-state index in [4.69, 9.17) is 0 Å². The average Bonchev–Trinajstić information content (AvgIpc) is 2.89. The van der Waals surface area contributed by atoms with Crippen LogP contribution in [0, 0.1) is 0 Å². The normalized spacial score (nSPS) is 11.2. The number of pyridine rings is 1. The summed E-state index contributed by atoms with van der Waals surface area (Å²) in [5.41, 5.74) is -0.288. The van der Waals surface area contributed by atoms with Gasteiger partial charge in [0, 0.05) is 12.3 Å². The van der Waals surface area contributed by atoms with Gasteiger partial charge in [0.25, 0.3) is 5.82 Å². The number of H-pyrrole nitrogens is 2. The van der Waals surface area contributed by atoms with Crippen molar-refractivity contribution in [2.75, 3.05) is 11.4 Å². The first-order valence-corrected chi connectivity index (χ1v) is 6.72. The number of sulfonamides is 1. The third-order valence-corrected chi connectivity index (χ3v) is 4.32. The lowest BCUT2D eigenvalue weighted by molar-refractivity contribution is -0.362. The highest BCUT2D eigenvalue weighted by atomic mass is 32.2. The zero-order valence-electron chi connectivity index (χ0n) is 9.95. The summed E-state index contributed by atoms with van der Waals surface area (Å²) in [6.07, 6.45) is 2.70. The summed E-state index contributed by atoms with van der Waals surface area (Å²) in [7, 11) is -2.46. The third kappa shape index (κ3) is 2.43. The first-order valence-electron chi connectivity index (χ1n) is 5.28. The number of carboxylic acids is 1. The molecule has 0 aliphatic rings. The molecule has 0 radical (unpaired) electrons. The first-order chi connectivity index (χ1) is 8.93. The van der Waals surface area contributed by atoms with Gasteiger partial charge in [0.05, 0.1) is 24.9 Å². The Labute approximate surface area is 109 Å². The Hall–Kier alpha value is -2.35. The summed E-state index contributed by atoms with van der Waals surface area (Å²) in [5, 5.41) is 10.6. The highest BCUT2D eigenvalue weighted by molar-refractivity contribution is 7.92. The smallest absolute Gasteiger partial charge is 0.332 e. The standard InChI is InChI=1S/C11H11N3O4S/c1-14(10-4-2-3-5-12-10)19(17,18)8-6-9(11(15)16)13-7-8/h2-7,13H,1H3,(H,15,16). The van der Waals surface area contributed by atoms with Crippen molar-refractivity contribution in [2.24, 2.45) is 0 Å². The van der Waals surface area contributed by atoms with Crippen LogP contribution in [0.5, 0.6) is 0 Å². The monoisotopic (exact) mass is 281 g/mol. The van der Waals surface area contributed by atoms with E-state index in [0.29, 0.717) is 5.82 Å². The van der Waals surface area contributed by atoms with Crippen LogP contribution >= 0.6 is 0 Å². The molecule has 2 aromatic rings. The summed E-state index contributed by atoms with van der Waals surface area (Å²) >= 11 is 0. The number of rotatable bonds is 4. The molecule has 0 atom stereocenters. The van der Waals surface area contributed by atoms with Gasteiger partial charge in [0.2, 0.25) is 0 Å². The Morgan fingerprint density at radius 2 is 2.16 bits per heavy atom. The fourth-order valence-corrected chi connectivity index (χ4v) is 2.67. The number of nitrogens with zero attached hydrogens (tertiary/aromatic N) is 1. The molecule has 0 saturated heterocycles. The van der Waals surface area contributed by atoms with E-state index in [-0.39, 0.29) is 10.6 Å². The molecule has 100 valence electrons. The highest BCUT2D eigenvalue weighted by Crippen LogP contribution is 2.18. The van der Waals surface area contributed by atoms with Crippen LogP contribution < -0.4 is 14.4 Å². The summed E-state index contributed by atoms with van der Waals surface area (Å²) < 4.78 is 25.5. The fraction of sp³-hybridized carbons (Fsp3) is 0.0909. The van der Waals surface area contributed by atoms with E-state index in [1.165, 1.54) is 7.05 Å². The molecule has 0 saturated carbocycles. The molecule has 0 aliphatic heterocycles. The van der Waals surface area contributed by atoms with Gasteiger partial charge in [-0.15, -0.1) is 0 Å². The van der Waals surface area contributed by atoms with Gasteiger partial charge in [-0.05, 0) is 12.1 Å². The van der Waals surface area contributed by atoms with E-state index in [9.17, 15) is 18.3 Å². The van der Waals surface area contributed by atoms with Crippen molar-refractivity contribution in [3.8, 4) is 0 Å². The summed E-state index contributed by atoms with van der Waals surface area (Å²) in [4.78, 5) is 15.6. The van der Waals surface area contributed by atoms with Gasteiger partial charge in [-0.2, -0.15) is 12.7 Å². The van der Waals surface area contributed by atoms with Crippen LogP contribution in [-0.4, -0.2) is 26.4 Å². The van der Waals surface area contributed by atoms with Crippen molar-refractivity contribution in [1.82, 2.24) is 4.98 Å². The summed E-state index contributed by atoms with van der Waals surface area (Å²) in [6.45, 7) is 0. The zero-order chi connectivity index (χ0) is 14.0. The first kappa shape index (κ1) is 13.1. The maximum Gasteiger partial charge on any atom is 0.332 e. The van der Waals surface area contributed by atoms with Gasteiger partial charge in [0.15, 0.2) is 0 Å². The lowest BCUT2D eigenvalue weighted by Crippen LogP contribution is -2.31. The van der Waals surface area contributed by atoms with E-state index in [0.717, 1.165) is 16.6 Å². The number of carbonyl (C=O) groups is 1. The number of carbonyl (C=O) groups excluding carboxylic acids is 1. The number of aromatic nitrogens is 2. The molecule has 0 fully saturated rings. The van der Waals surface area contributed by atoms with Crippen molar-refractivity contribution in [2.45, 2.75) is 4.90 Å². The van der Waals surface area contributed by atoms with Crippen molar-refractivity contribution < 1.29 is 23.3 Å². The second-order valence-electron chi connectivity index (χ2n) is 3.76. The van der Waals surface area contributed by atoms with Crippen LogP contribution in [0.1, 0.15) is 10.5 Å². The van der Waals surface area contributed by atoms with Crippen molar-refractivity contribution >= 4 is 21.8 Å². The molecular formula is C11H11N3O4S. The van der Waals surface area contributed by atoms with Gasteiger partial charge in [-0.1, -0.05) is 6.07 Å². The lowest BCUT2D eigenvalue weighted by Gasteiger charge is -2.09. The molecule has 2 aromatic heterocycles. The molecule has 0 unspecified atom stereocenters. The Kier molecular flexibility index (Phi) is 3.26. The van der Waals surface area contributed by atoms with Crippen LogP contribution in [-0.2, 0) is 10.0 Å². The average molecular weight is 281 g/mol. The van der Waals surface area contributed by atoms with Gasteiger partial charge in [-0.3, -0.25) is 0 Å². The molecule has 0 spiro atoms. The molecule has 0 amide bonds. The molecule has 0 aromatic carbocycles. The lowest BCUT2D eigenvalue weighted by atomic mass is 10.4.